The second-order valence-corrected chi connectivity index (χ2v) is 5.65. The van der Waals surface area contributed by atoms with E-state index in [0.717, 1.165) is 11.3 Å². The van der Waals surface area contributed by atoms with Crippen LogP contribution in [0.2, 0.25) is 0 Å². The van der Waals surface area contributed by atoms with Crippen molar-refractivity contribution in [3.63, 3.8) is 0 Å². The topological polar surface area (TPSA) is 3.24 Å². The van der Waals surface area contributed by atoms with Gasteiger partial charge in [0.1, 0.15) is 0 Å². The summed E-state index contributed by atoms with van der Waals surface area (Å²) in [7, 11) is 0. The molecule has 2 fully saturated rings. The Kier molecular flexibility index (Phi) is 3.16. The molecule has 0 N–H and O–H groups in total. The van der Waals surface area contributed by atoms with E-state index in [1.165, 1.54) is 58.2 Å². The van der Waals surface area contributed by atoms with Gasteiger partial charge >= 0.3 is 0 Å². The van der Waals surface area contributed by atoms with Crippen molar-refractivity contribution >= 4 is 0 Å². The van der Waals surface area contributed by atoms with Crippen molar-refractivity contribution in [1.29, 1.82) is 0 Å². The second-order valence-electron chi connectivity index (χ2n) is 5.65. The summed E-state index contributed by atoms with van der Waals surface area (Å²) in [5, 5.41) is 0. The van der Waals surface area contributed by atoms with Gasteiger partial charge in [0.15, 0.2) is 0 Å². The van der Waals surface area contributed by atoms with Gasteiger partial charge in [-0.15, -0.1) is 0 Å². The Bertz CT molecular complexity index is 180. The summed E-state index contributed by atoms with van der Waals surface area (Å²) in [5.41, 5.74) is 0.737. The molecule has 1 heteroatoms. The Morgan fingerprint density at radius 3 is 2.57 bits per heavy atom. The number of rotatable bonds is 1. The van der Waals surface area contributed by atoms with Crippen LogP contribution in [0.15, 0.2) is 0 Å². The first-order valence-corrected chi connectivity index (χ1v) is 6.46. The smallest absolute Gasteiger partial charge is 0.00379 e. The zero-order valence-corrected chi connectivity index (χ0v) is 9.89. The minimum Gasteiger partial charge on any atom is -0.303 e. The van der Waals surface area contributed by atoms with E-state index in [1.807, 2.05) is 0 Å². The van der Waals surface area contributed by atoms with Gasteiger partial charge in [-0.2, -0.15) is 0 Å². The molecule has 82 valence electrons. The lowest BCUT2D eigenvalue weighted by atomic mass is 9.67. The van der Waals surface area contributed by atoms with Gasteiger partial charge in [0.05, 0.1) is 0 Å². The van der Waals surface area contributed by atoms with Crippen molar-refractivity contribution < 1.29 is 0 Å². The highest BCUT2D eigenvalue weighted by Crippen LogP contribution is 2.44. The molecule has 1 aliphatic carbocycles. The summed E-state index contributed by atoms with van der Waals surface area (Å²) in [5.74, 6) is 0.998. The SMILES string of the molecule is CCN1CCCC2(CCC(C)CC2)C1. The predicted molar refractivity (Wildman–Crippen MR) is 61.4 cm³/mol. The predicted octanol–water partition coefficient (Wildman–Crippen LogP) is 3.30. The molecule has 0 aromatic heterocycles. The number of hydrogen-bond donors (Lipinski definition) is 0. The summed E-state index contributed by atoms with van der Waals surface area (Å²) in [4.78, 5) is 2.67. The minimum atomic E-state index is 0.737. The van der Waals surface area contributed by atoms with E-state index < -0.39 is 0 Å². The van der Waals surface area contributed by atoms with Crippen LogP contribution in [0.5, 0.6) is 0 Å². The van der Waals surface area contributed by atoms with Gasteiger partial charge in [-0.1, -0.05) is 26.7 Å². The fraction of sp³-hybridized carbons (Fsp3) is 1.00. The molecule has 1 saturated carbocycles. The van der Waals surface area contributed by atoms with Crippen molar-refractivity contribution in [3.05, 3.63) is 0 Å². The Morgan fingerprint density at radius 1 is 1.21 bits per heavy atom. The van der Waals surface area contributed by atoms with Crippen LogP contribution in [-0.2, 0) is 0 Å². The van der Waals surface area contributed by atoms with Gasteiger partial charge in [-0.05, 0) is 50.1 Å². The van der Waals surface area contributed by atoms with E-state index in [2.05, 4.69) is 18.7 Å². The molecular formula is C13H25N. The van der Waals surface area contributed by atoms with Crippen LogP contribution in [0.1, 0.15) is 52.4 Å². The van der Waals surface area contributed by atoms with Crippen molar-refractivity contribution in [2.45, 2.75) is 52.4 Å². The lowest BCUT2D eigenvalue weighted by Crippen LogP contribution is -2.44. The van der Waals surface area contributed by atoms with Crippen LogP contribution in [0, 0.1) is 11.3 Å². The van der Waals surface area contributed by atoms with Crippen molar-refractivity contribution in [2.24, 2.45) is 11.3 Å². The Labute approximate surface area is 88.9 Å². The normalized spacial score (nSPS) is 40.3. The highest BCUT2D eigenvalue weighted by Gasteiger charge is 2.37. The summed E-state index contributed by atoms with van der Waals surface area (Å²) in [6.45, 7) is 8.75. The van der Waals surface area contributed by atoms with Gasteiger partial charge in [0.25, 0.3) is 0 Å². The van der Waals surface area contributed by atoms with E-state index in [4.69, 9.17) is 0 Å². The van der Waals surface area contributed by atoms with Crippen LogP contribution < -0.4 is 0 Å². The highest BCUT2D eigenvalue weighted by atomic mass is 15.1. The minimum absolute atomic E-state index is 0.737. The molecule has 1 saturated heterocycles. The standard InChI is InChI=1S/C13H25N/c1-3-14-10-4-7-13(11-14)8-5-12(2)6-9-13/h12H,3-11H2,1-2H3. The first-order valence-electron chi connectivity index (χ1n) is 6.46. The Balaban J connectivity index is 1.94. The molecule has 1 aliphatic heterocycles. The maximum Gasteiger partial charge on any atom is 0.00379 e. The van der Waals surface area contributed by atoms with Crippen molar-refractivity contribution in [1.82, 2.24) is 4.90 Å². The largest absolute Gasteiger partial charge is 0.303 e. The van der Waals surface area contributed by atoms with E-state index >= 15 is 0 Å². The van der Waals surface area contributed by atoms with Crippen LogP contribution >= 0.6 is 0 Å². The average Bonchev–Trinajstić information content (AvgIpc) is 2.23. The first kappa shape index (κ1) is 10.5. The molecule has 1 nitrogen and oxygen atoms in total. The summed E-state index contributed by atoms with van der Waals surface area (Å²) in [6, 6.07) is 0. The molecule has 0 aromatic carbocycles. The van der Waals surface area contributed by atoms with Crippen molar-refractivity contribution in [2.75, 3.05) is 19.6 Å². The van der Waals surface area contributed by atoms with Gasteiger partial charge < -0.3 is 4.90 Å². The molecule has 1 heterocycles. The van der Waals surface area contributed by atoms with Crippen LogP contribution in [-0.4, -0.2) is 24.5 Å². The molecule has 0 atom stereocenters. The number of likely N-dealkylation sites (tertiary alicyclic amines) is 1. The third-order valence-electron chi connectivity index (χ3n) is 4.52. The van der Waals surface area contributed by atoms with E-state index in [9.17, 15) is 0 Å². The van der Waals surface area contributed by atoms with E-state index in [1.54, 1.807) is 0 Å². The van der Waals surface area contributed by atoms with E-state index in [0.29, 0.717) is 0 Å². The van der Waals surface area contributed by atoms with Crippen LogP contribution in [0.3, 0.4) is 0 Å². The molecular weight excluding hydrogens is 170 g/mol. The maximum atomic E-state index is 2.67. The monoisotopic (exact) mass is 195 g/mol. The Hall–Kier alpha value is -0.0400. The third-order valence-corrected chi connectivity index (χ3v) is 4.52. The van der Waals surface area contributed by atoms with Gasteiger partial charge in [-0.3, -0.25) is 0 Å². The number of hydrogen-bond acceptors (Lipinski definition) is 1. The molecule has 0 aromatic rings. The fourth-order valence-corrected chi connectivity index (χ4v) is 3.36. The molecule has 2 rings (SSSR count). The highest BCUT2D eigenvalue weighted by molar-refractivity contribution is 4.90. The fourth-order valence-electron chi connectivity index (χ4n) is 3.36. The molecule has 0 amide bonds. The van der Waals surface area contributed by atoms with Crippen LogP contribution in [0.4, 0.5) is 0 Å². The second kappa shape index (κ2) is 4.22. The first-order chi connectivity index (χ1) is 6.74. The summed E-state index contributed by atoms with van der Waals surface area (Å²) in [6.07, 6.45) is 8.93. The van der Waals surface area contributed by atoms with Gasteiger partial charge in [0, 0.05) is 6.54 Å². The quantitative estimate of drug-likeness (QED) is 0.620. The molecule has 0 unspecified atom stereocenters. The molecule has 14 heavy (non-hydrogen) atoms. The number of nitrogens with zero attached hydrogens (tertiary/aromatic N) is 1. The maximum absolute atomic E-state index is 2.67. The third kappa shape index (κ3) is 2.13. The van der Waals surface area contributed by atoms with Gasteiger partial charge in [-0.25, -0.2) is 0 Å². The van der Waals surface area contributed by atoms with E-state index in [-0.39, 0.29) is 0 Å². The zero-order chi connectivity index (χ0) is 10.0. The summed E-state index contributed by atoms with van der Waals surface area (Å²) >= 11 is 0. The molecule has 0 bridgehead atoms. The summed E-state index contributed by atoms with van der Waals surface area (Å²) < 4.78 is 0. The van der Waals surface area contributed by atoms with Crippen LogP contribution in [0.25, 0.3) is 0 Å². The van der Waals surface area contributed by atoms with Gasteiger partial charge in [0.2, 0.25) is 0 Å². The Morgan fingerprint density at radius 2 is 1.93 bits per heavy atom. The lowest BCUT2D eigenvalue weighted by Gasteiger charge is -2.46. The molecule has 0 radical (unpaired) electrons. The lowest BCUT2D eigenvalue weighted by molar-refractivity contribution is 0.0446. The molecule has 1 spiro atoms. The zero-order valence-electron chi connectivity index (χ0n) is 9.89. The van der Waals surface area contributed by atoms with Crippen molar-refractivity contribution in [3.8, 4) is 0 Å². The average molecular weight is 195 g/mol. The number of piperidine rings is 1. The molecule has 2 aliphatic rings.